The van der Waals surface area contributed by atoms with Gasteiger partial charge in [-0.1, -0.05) is 30.3 Å². The van der Waals surface area contributed by atoms with E-state index in [4.69, 9.17) is 5.73 Å². The van der Waals surface area contributed by atoms with Crippen LogP contribution in [0, 0.1) is 13.8 Å². The number of hydrogen-bond acceptors (Lipinski definition) is 5. The highest BCUT2D eigenvalue weighted by Crippen LogP contribution is 2.33. The van der Waals surface area contributed by atoms with E-state index in [1.54, 1.807) is 11.8 Å². The van der Waals surface area contributed by atoms with Gasteiger partial charge in [0.05, 0.1) is 11.9 Å². The van der Waals surface area contributed by atoms with Gasteiger partial charge in [-0.3, -0.25) is 14.6 Å². The van der Waals surface area contributed by atoms with Gasteiger partial charge in [-0.25, -0.2) is 0 Å². The molecule has 1 atom stereocenters. The minimum Gasteiger partial charge on any atom is -0.365 e. The predicted octanol–water partition coefficient (Wildman–Crippen LogP) is 2.32. The van der Waals surface area contributed by atoms with Gasteiger partial charge in [0, 0.05) is 16.1 Å². The largest absolute Gasteiger partial charge is 0.365 e. The number of amides is 1. The number of quaternary nitrogens is 1. The molecular weight excluding hydrogens is 394 g/mol. The molecule has 154 valence electrons. The first kappa shape index (κ1) is 20.1. The van der Waals surface area contributed by atoms with Crippen LogP contribution in [0.5, 0.6) is 0 Å². The fourth-order valence-electron chi connectivity index (χ4n) is 3.67. The zero-order valence-electron chi connectivity index (χ0n) is 17.3. The molecule has 2 aromatic rings. The number of fused-ring (bicyclic) bond motifs is 1. The van der Waals surface area contributed by atoms with Crippen molar-refractivity contribution in [2.45, 2.75) is 18.7 Å². The molecule has 0 aromatic heterocycles. The number of benzene rings is 2. The Balaban J connectivity index is 1.75. The number of nitrogens with one attached hydrogen (secondary N) is 3. The first-order chi connectivity index (χ1) is 14.5. The van der Waals surface area contributed by atoms with E-state index in [1.165, 1.54) is 16.0 Å². The molecule has 2 aromatic carbocycles. The van der Waals surface area contributed by atoms with Gasteiger partial charge in [-0.05, 0) is 43.4 Å². The van der Waals surface area contributed by atoms with Gasteiger partial charge in [0.25, 0.3) is 5.91 Å². The van der Waals surface area contributed by atoms with Crippen molar-refractivity contribution in [3.8, 4) is 0 Å². The lowest BCUT2D eigenvalue weighted by Gasteiger charge is -2.24. The molecule has 2 heterocycles. The van der Waals surface area contributed by atoms with E-state index in [0.29, 0.717) is 0 Å². The molecule has 0 aliphatic carbocycles. The Morgan fingerprint density at radius 3 is 2.50 bits per heavy atom. The number of aryl methyl sites for hydroxylation is 2. The van der Waals surface area contributed by atoms with Crippen LogP contribution in [0.3, 0.4) is 0 Å². The van der Waals surface area contributed by atoms with Gasteiger partial charge >= 0.3 is 0 Å². The van der Waals surface area contributed by atoms with Crippen LogP contribution in [-0.2, 0) is 4.79 Å². The molecule has 0 saturated carbocycles. The Bertz CT molecular complexity index is 1050. The molecule has 1 amide bonds. The second kappa shape index (κ2) is 8.30. The van der Waals surface area contributed by atoms with Crippen molar-refractivity contribution in [3.05, 3.63) is 89.4 Å². The summed E-state index contributed by atoms with van der Waals surface area (Å²) in [6.45, 7) is 4.42. The molecule has 0 radical (unpaired) electrons. The summed E-state index contributed by atoms with van der Waals surface area (Å²) >= 11 is 1.72. The SMILES string of the molecule is CSc1ccc(C2=C(Nc3c(C)cccc3C)N3C=C[NH+](CC(N)=O)C=C3N2)cc1. The number of thioether (sulfide) groups is 1. The molecule has 7 heteroatoms. The Hall–Kier alpha value is -3.16. The maximum Gasteiger partial charge on any atom is 0.273 e. The average Bonchev–Trinajstić information content (AvgIpc) is 3.08. The zero-order valence-corrected chi connectivity index (χ0v) is 18.1. The molecule has 30 heavy (non-hydrogen) atoms. The third kappa shape index (κ3) is 3.94. The summed E-state index contributed by atoms with van der Waals surface area (Å²) in [5, 5.41) is 7.19. The number of carbonyl (C=O) groups excluding carboxylic acids is 1. The van der Waals surface area contributed by atoms with Crippen LogP contribution >= 0.6 is 11.8 Å². The number of primary amides is 1. The summed E-state index contributed by atoms with van der Waals surface area (Å²) in [4.78, 5) is 15.5. The molecule has 5 N–H and O–H groups in total. The lowest BCUT2D eigenvalue weighted by molar-refractivity contribution is -0.783. The third-order valence-electron chi connectivity index (χ3n) is 5.23. The molecule has 0 bridgehead atoms. The number of carbonyl (C=O) groups is 1. The molecule has 0 saturated heterocycles. The second-order valence-corrected chi connectivity index (χ2v) is 8.28. The van der Waals surface area contributed by atoms with Gasteiger partial charge in [-0.2, -0.15) is 0 Å². The minimum absolute atomic E-state index is 0.215. The predicted molar refractivity (Wildman–Crippen MR) is 122 cm³/mol. The fourth-order valence-corrected chi connectivity index (χ4v) is 4.08. The summed E-state index contributed by atoms with van der Waals surface area (Å²) in [5.74, 6) is 1.50. The first-order valence-corrected chi connectivity index (χ1v) is 11.0. The third-order valence-corrected chi connectivity index (χ3v) is 5.98. The van der Waals surface area contributed by atoms with Crippen LogP contribution in [0.1, 0.15) is 16.7 Å². The number of nitrogens with zero attached hydrogens (tertiary/aromatic N) is 1. The molecule has 0 spiro atoms. The van der Waals surface area contributed by atoms with E-state index in [2.05, 4.69) is 78.1 Å². The highest BCUT2D eigenvalue weighted by atomic mass is 32.2. The van der Waals surface area contributed by atoms with Crippen molar-refractivity contribution in [2.24, 2.45) is 5.73 Å². The van der Waals surface area contributed by atoms with Crippen LogP contribution < -0.4 is 21.3 Å². The van der Waals surface area contributed by atoms with Crippen LogP contribution in [0.15, 0.2) is 77.6 Å². The van der Waals surface area contributed by atoms with Gasteiger partial charge in [-0.15, -0.1) is 11.8 Å². The first-order valence-electron chi connectivity index (χ1n) is 9.78. The Labute approximate surface area is 181 Å². The van der Waals surface area contributed by atoms with E-state index in [-0.39, 0.29) is 12.5 Å². The number of rotatable bonds is 6. The lowest BCUT2D eigenvalue weighted by atomic mass is 10.1. The van der Waals surface area contributed by atoms with Gasteiger partial charge < -0.3 is 16.4 Å². The van der Waals surface area contributed by atoms with Crippen LogP contribution in [0.2, 0.25) is 0 Å². The van der Waals surface area contributed by atoms with E-state index in [1.807, 2.05) is 18.6 Å². The molecule has 6 nitrogen and oxygen atoms in total. The van der Waals surface area contributed by atoms with E-state index < -0.39 is 0 Å². The summed E-state index contributed by atoms with van der Waals surface area (Å²) < 4.78 is 0. The van der Waals surface area contributed by atoms with E-state index in [9.17, 15) is 4.79 Å². The van der Waals surface area contributed by atoms with Crippen molar-refractivity contribution >= 4 is 29.1 Å². The van der Waals surface area contributed by atoms with Crippen molar-refractivity contribution in [1.29, 1.82) is 0 Å². The molecule has 4 rings (SSSR count). The maximum atomic E-state index is 11.4. The summed E-state index contributed by atoms with van der Waals surface area (Å²) in [5.41, 5.74) is 10.9. The van der Waals surface area contributed by atoms with Crippen LogP contribution in [0.25, 0.3) is 5.70 Å². The van der Waals surface area contributed by atoms with Crippen molar-refractivity contribution in [1.82, 2.24) is 10.2 Å². The van der Waals surface area contributed by atoms with E-state index in [0.717, 1.165) is 33.5 Å². The highest BCUT2D eigenvalue weighted by Gasteiger charge is 2.32. The molecule has 1 unspecified atom stereocenters. The van der Waals surface area contributed by atoms with Gasteiger partial charge in [0.1, 0.15) is 18.2 Å². The standard InChI is InChI=1S/C23H25N5OS/c1-15-5-4-6-16(2)21(15)26-23-22(17-7-9-18(30-3)10-8-17)25-20-14-27(13-19(24)29)11-12-28(20)23/h4-12,14,25-26H,13H2,1-3H3,(H2,24,29)/p+1. The fraction of sp³-hybridized carbons (Fsp3) is 0.174. The highest BCUT2D eigenvalue weighted by molar-refractivity contribution is 7.98. The van der Waals surface area contributed by atoms with Gasteiger partial charge in [0.2, 0.25) is 0 Å². The zero-order chi connectivity index (χ0) is 21.3. The molecule has 0 fully saturated rings. The Morgan fingerprint density at radius 2 is 1.87 bits per heavy atom. The van der Waals surface area contributed by atoms with Crippen LogP contribution in [0.4, 0.5) is 5.69 Å². The minimum atomic E-state index is -0.340. The molecule has 2 aliphatic rings. The molecular formula is C23H26N5OS+. The summed E-state index contributed by atoms with van der Waals surface area (Å²) in [6, 6.07) is 14.8. The van der Waals surface area contributed by atoms with Crippen molar-refractivity contribution in [2.75, 3.05) is 18.1 Å². The average molecular weight is 421 g/mol. The Kier molecular flexibility index (Phi) is 5.57. The van der Waals surface area contributed by atoms with Crippen molar-refractivity contribution in [3.63, 3.8) is 0 Å². The monoisotopic (exact) mass is 420 g/mol. The number of para-hydroxylation sites is 1. The lowest BCUT2D eigenvalue weighted by Crippen LogP contribution is -3.05. The molecule has 2 aliphatic heterocycles. The summed E-state index contributed by atoms with van der Waals surface area (Å²) in [7, 11) is 0. The number of nitrogens with two attached hydrogens (primary N) is 1. The quantitative estimate of drug-likeness (QED) is 0.540. The second-order valence-electron chi connectivity index (χ2n) is 7.40. The maximum absolute atomic E-state index is 11.4. The van der Waals surface area contributed by atoms with E-state index >= 15 is 0 Å². The van der Waals surface area contributed by atoms with Gasteiger partial charge in [0.15, 0.2) is 12.4 Å². The number of anilines is 1. The number of hydrogen-bond donors (Lipinski definition) is 4. The normalized spacial score (nSPS) is 17.5. The summed E-state index contributed by atoms with van der Waals surface area (Å²) in [6.07, 6.45) is 7.95. The topological polar surface area (TPSA) is 74.8 Å². The Morgan fingerprint density at radius 1 is 1.17 bits per heavy atom. The smallest absolute Gasteiger partial charge is 0.273 e. The van der Waals surface area contributed by atoms with Crippen LogP contribution in [-0.4, -0.2) is 23.6 Å². The van der Waals surface area contributed by atoms with Crippen molar-refractivity contribution < 1.29 is 9.69 Å².